The Kier molecular flexibility index (Phi) is 4.44. The van der Waals surface area contributed by atoms with Crippen molar-refractivity contribution in [3.8, 4) is 5.75 Å². The van der Waals surface area contributed by atoms with Gasteiger partial charge in [0.05, 0.1) is 26.9 Å². The number of ether oxygens (including phenoxy) is 1. The average Bonchev–Trinajstić information content (AvgIpc) is 2.85. The standard InChI is InChI=1S/C10H12Br2N4OS/c1-16-9(6(17-2)4-14-16)8(15-13)5-3-7(11)18-10(5)12/h3-4,8,15H,13H2,1-2H3. The second-order valence-electron chi connectivity index (χ2n) is 3.60. The van der Waals surface area contributed by atoms with Crippen LogP contribution in [-0.4, -0.2) is 16.9 Å². The number of hydrogen-bond acceptors (Lipinski definition) is 5. The first-order chi connectivity index (χ1) is 8.58. The second-order valence-corrected chi connectivity index (χ2v) is 7.35. The highest BCUT2D eigenvalue weighted by molar-refractivity contribution is 9.12. The highest BCUT2D eigenvalue weighted by Gasteiger charge is 2.24. The molecule has 5 nitrogen and oxygen atoms in total. The third kappa shape index (κ3) is 2.48. The molecule has 0 aliphatic carbocycles. The zero-order chi connectivity index (χ0) is 13.3. The van der Waals surface area contributed by atoms with E-state index in [9.17, 15) is 0 Å². The van der Waals surface area contributed by atoms with E-state index in [2.05, 4.69) is 42.4 Å². The Hall–Kier alpha value is -0.410. The van der Waals surface area contributed by atoms with E-state index in [1.807, 2.05) is 13.1 Å². The van der Waals surface area contributed by atoms with E-state index in [-0.39, 0.29) is 6.04 Å². The Morgan fingerprint density at radius 3 is 2.78 bits per heavy atom. The van der Waals surface area contributed by atoms with Crippen molar-refractivity contribution in [3.05, 3.63) is 31.1 Å². The number of hydrazine groups is 1. The summed E-state index contributed by atoms with van der Waals surface area (Å²) >= 11 is 8.60. The predicted molar refractivity (Wildman–Crippen MR) is 78.6 cm³/mol. The minimum atomic E-state index is -0.190. The molecule has 18 heavy (non-hydrogen) atoms. The molecule has 2 aromatic heterocycles. The molecule has 0 aliphatic heterocycles. The van der Waals surface area contributed by atoms with Gasteiger partial charge in [-0.25, -0.2) is 5.43 Å². The molecule has 0 saturated carbocycles. The quantitative estimate of drug-likeness (QED) is 0.616. The van der Waals surface area contributed by atoms with Crippen molar-refractivity contribution in [2.24, 2.45) is 12.9 Å². The lowest BCUT2D eigenvalue weighted by Gasteiger charge is -2.17. The van der Waals surface area contributed by atoms with Gasteiger partial charge in [0.1, 0.15) is 5.69 Å². The summed E-state index contributed by atoms with van der Waals surface area (Å²) in [7, 11) is 3.48. The Labute approximate surface area is 126 Å². The van der Waals surface area contributed by atoms with Crippen molar-refractivity contribution in [2.45, 2.75) is 6.04 Å². The largest absolute Gasteiger partial charge is 0.493 e. The molecule has 2 rings (SSSR count). The van der Waals surface area contributed by atoms with Crippen LogP contribution in [0.2, 0.25) is 0 Å². The van der Waals surface area contributed by atoms with Gasteiger partial charge in [-0.15, -0.1) is 11.3 Å². The van der Waals surface area contributed by atoms with Crippen LogP contribution in [0.25, 0.3) is 0 Å². The van der Waals surface area contributed by atoms with E-state index < -0.39 is 0 Å². The summed E-state index contributed by atoms with van der Waals surface area (Å²) in [6.07, 6.45) is 1.68. The van der Waals surface area contributed by atoms with Crippen LogP contribution >= 0.6 is 43.2 Å². The SMILES string of the molecule is COc1cnn(C)c1C(NN)c1cc(Br)sc1Br. The summed E-state index contributed by atoms with van der Waals surface area (Å²) in [6, 6.07) is 1.83. The number of rotatable bonds is 4. The van der Waals surface area contributed by atoms with Gasteiger partial charge in [-0.2, -0.15) is 5.10 Å². The van der Waals surface area contributed by atoms with E-state index in [4.69, 9.17) is 10.6 Å². The van der Waals surface area contributed by atoms with E-state index in [0.717, 1.165) is 18.8 Å². The number of nitrogens with one attached hydrogen (secondary N) is 1. The number of aryl methyl sites for hydroxylation is 1. The number of halogens is 2. The van der Waals surface area contributed by atoms with Crippen LogP contribution in [0.1, 0.15) is 17.3 Å². The minimum Gasteiger partial charge on any atom is -0.493 e. The van der Waals surface area contributed by atoms with Gasteiger partial charge in [-0.3, -0.25) is 10.5 Å². The molecule has 0 spiro atoms. The zero-order valence-electron chi connectivity index (χ0n) is 9.78. The van der Waals surface area contributed by atoms with E-state index >= 15 is 0 Å². The molecule has 98 valence electrons. The molecule has 0 fully saturated rings. The lowest BCUT2D eigenvalue weighted by Crippen LogP contribution is -2.30. The van der Waals surface area contributed by atoms with Crippen LogP contribution in [0.3, 0.4) is 0 Å². The van der Waals surface area contributed by atoms with Gasteiger partial charge in [0.2, 0.25) is 0 Å². The molecular weight excluding hydrogens is 384 g/mol. The molecule has 3 N–H and O–H groups in total. The van der Waals surface area contributed by atoms with Crippen LogP contribution in [-0.2, 0) is 7.05 Å². The number of thiophene rings is 1. The maximum absolute atomic E-state index is 5.69. The van der Waals surface area contributed by atoms with Crippen molar-refractivity contribution in [3.63, 3.8) is 0 Å². The van der Waals surface area contributed by atoms with E-state index in [1.165, 1.54) is 0 Å². The molecule has 1 atom stereocenters. The third-order valence-electron chi connectivity index (χ3n) is 2.60. The van der Waals surface area contributed by atoms with Gasteiger partial charge in [0, 0.05) is 12.6 Å². The fraction of sp³-hybridized carbons (Fsp3) is 0.300. The van der Waals surface area contributed by atoms with Crippen LogP contribution < -0.4 is 16.0 Å². The monoisotopic (exact) mass is 394 g/mol. The first kappa shape index (κ1) is 14.0. The fourth-order valence-electron chi connectivity index (χ4n) is 1.78. The summed E-state index contributed by atoms with van der Waals surface area (Å²) in [4.78, 5) is 0. The first-order valence-electron chi connectivity index (χ1n) is 5.05. The van der Waals surface area contributed by atoms with Gasteiger partial charge in [0.15, 0.2) is 5.75 Å². The summed E-state index contributed by atoms with van der Waals surface area (Å²) in [5.74, 6) is 6.39. The average molecular weight is 396 g/mol. The number of aromatic nitrogens is 2. The fourth-order valence-corrected chi connectivity index (χ4v) is 4.68. The Balaban J connectivity index is 2.51. The van der Waals surface area contributed by atoms with E-state index in [1.54, 1.807) is 29.3 Å². The highest BCUT2D eigenvalue weighted by Crippen LogP contribution is 2.39. The Morgan fingerprint density at radius 2 is 2.28 bits per heavy atom. The normalized spacial score (nSPS) is 12.7. The summed E-state index contributed by atoms with van der Waals surface area (Å²) in [5.41, 5.74) is 4.72. The van der Waals surface area contributed by atoms with Gasteiger partial charge >= 0.3 is 0 Å². The maximum atomic E-state index is 5.69. The van der Waals surface area contributed by atoms with Crippen LogP contribution in [0, 0.1) is 0 Å². The third-order valence-corrected chi connectivity index (χ3v) is 4.99. The molecule has 0 aliphatic rings. The molecule has 0 saturated heterocycles. The Morgan fingerprint density at radius 1 is 1.56 bits per heavy atom. The molecule has 0 aromatic carbocycles. The predicted octanol–water partition coefficient (Wildman–Crippen LogP) is 2.57. The summed E-state index contributed by atoms with van der Waals surface area (Å²) in [5, 5.41) is 4.19. The molecule has 0 bridgehead atoms. The van der Waals surface area contributed by atoms with Crippen LogP contribution in [0.5, 0.6) is 5.75 Å². The van der Waals surface area contributed by atoms with Gasteiger partial charge in [-0.05, 0) is 37.9 Å². The Bertz CT molecular complexity index is 554. The first-order valence-corrected chi connectivity index (χ1v) is 7.45. The number of nitrogens with two attached hydrogens (primary N) is 1. The molecule has 2 heterocycles. The van der Waals surface area contributed by atoms with Crippen LogP contribution in [0.4, 0.5) is 0 Å². The summed E-state index contributed by atoms with van der Waals surface area (Å²) in [6.45, 7) is 0. The van der Waals surface area contributed by atoms with Gasteiger partial charge in [0.25, 0.3) is 0 Å². The minimum absolute atomic E-state index is 0.190. The van der Waals surface area contributed by atoms with Crippen LogP contribution in [0.15, 0.2) is 19.8 Å². The van der Waals surface area contributed by atoms with Gasteiger partial charge in [-0.1, -0.05) is 0 Å². The van der Waals surface area contributed by atoms with Crippen molar-refractivity contribution in [1.82, 2.24) is 15.2 Å². The molecule has 1 unspecified atom stereocenters. The molecule has 2 aromatic rings. The number of methoxy groups -OCH3 is 1. The lowest BCUT2D eigenvalue weighted by atomic mass is 10.1. The number of hydrogen-bond donors (Lipinski definition) is 2. The smallest absolute Gasteiger partial charge is 0.161 e. The molecular formula is C10H12Br2N4OS. The van der Waals surface area contributed by atoms with Crippen molar-refractivity contribution >= 4 is 43.2 Å². The topological polar surface area (TPSA) is 65.1 Å². The number of nitrogens with zero attached hydrogens (tertiary/aromatic N) is 2. The van der Waals surface area contributed by atoms with E-state index in [0.29, 0.717) is 5.75 Å². The van der Waals surface area contributed by atoms with Crippen molar-refractivity contribution in [2.75, 3.05) is 7.11 Å². The zero-order valence-corrected chi connectivity index (χ0v) is 13.8. The molecule has 0 amide bonds. The highest BCUT2D eigenvalue weighted by atomic mass is 79.9. The van der Waals surface area contributed by atoms with Crippen molar-refractivity contribution < 1.29 is 4.74 Å². The molecule has 0 radical (unpaired) electrons. The van der Waals surface area contributed by atoms with Crippen molar-refractivity contribution in [1.29, 1.82) is 0 Å². The molecule has 8 heteroatoms. The lowest BCUT2D eigenvalue weighted by molar-refractivity contribution is 0.401. The second kappa shape index (κ2) is 5.70. The van der Waals surface area contributed by atoms with Gasteiger partial charge < -0.3 is 4.74 Å². The maximum Gasteiger partial charge on any atom is 0.161 e. The summed E-state index contributed by atoms with van der Waals surface area (Å²) < 4.78 is 9.11.